The van der Waals surface area contributed by atoms with Crippen molar-refractivity contribution in [1.29, 1.82) is 0 Å². The summed E-state index contributed by atoms with van der Waals surface area (Å²) in [6.07, 6.45) is 6.94. The van der Waals surface area contributed by atoms with Gasteiger partial charge in [-0.25, -0.2) is 4.98 Å². The molecule has 0 saturated carbocycles. The van der Waals surface area contributed by atoms with Crippen LogP contribution in [0.15, 0.2) is 6.20 Å². The number of aromatic nitrogens is 2. The van der Waals surface area contributed by atoms with Gasteiger partial charge >= 0.3 is 0 Å². The van der Waals surface area contributed by atoms with Crippen molar-refractivity contribution in [2.75, 3.05) is 13.2 Å². The van der Waals surface area contributed by atoms with E-state index in [1.165, 1.54) is 5.69 Å². The fraction of sp³-hybridized carbons (Fsp3) is 0.769. The fourth-order valence-electron chi connectivity index (χ4n) is 2.82. The van der Waals surface area contributed by atoms with Crippen LogP contribution in [0.5, 0.6) is 0 Å². The van der Waals surface area contributed by atoms with Crippen LogP contribution in [0, 0.1) is 5.92 Å². The van der Waals surface area contributed by atoms with E-state index in [1.54, 1.807) is 0 Å². The lowest BCUT2D eigenvalue weighted by atomic mass is 9.95. The van der Waals surface area contributed by atoms with Crippen LogP contribution >= 0.6 is 0 Å². The first-order valence-electron chi connectivity index (χ1n) is 6.62. The average Bonchev–Trinajstić information content (AvgIpc) is 2.71. The highest BCUT2D eigenvalue weighted by Crippen LogP contribution is 2.21. The molecule has 1 N–H and O–H groups in total. The van der Waals surface area contributed by atoms with E-state index >= 15 is 0 Å². The summed E-state index contributed by atoms with van der Waals surface area (Å²) in [4.78, 5) is 4.66. The number of imidazole rings is 1. The summed E-state index contributed by atoms with van der Waals surface area (Å²) in [5.41, 5.74) is 1.20. The average molecular weight is 236 g/mol. The van der Waals surface area contributed by atoms with Crippen LogP contribution in [-0.4, -0.2) is 34.0 Å². The van der Waals surface area contributed by atoms with Crippen LogP contribution in [0.2, 0.25) is 0 Å². The molecule has 3 rings (SSSR count). The highest BCUT2D eigenvalue weighted by Gasteiger charge is 2.21. The van der Waals surface area contributed by atoms with E-state index in [4.69, 9.17) is 4.74 Å². The zero-order chi connectivity index (χ0) is 11.7. The molecule has 0 amide bonds. The van der Waals surface area contributed by atoms with Crippen LogP contribution in [0.4, 0.5) is 0 Å². The SMILES string of the molecule is OC1CCn2cc(CC3CCOCC3)nc2C1. The molecule has 1 atom stereocenters. The van der Waals surface area contributed by atoms with Gasteiger partial charge in [-0.3, -0.25) is 0 Å². The molecular weight excluding hydrogens is 216 g/mol. The number of hydrogen-bond acceptors (Lipinski definition) is 3. The Bertz CT molecular complexity index is 383. The minimum Gasteiger partial charge on any atom is -0.393 e. The van der Waals surface area contributed by atoms with Crippen molar-refractivity contribution in [3.05, 3.63) is 17.7 Å². The van der Waals surface area contributed by atoms with Crippen molar-refractivity contribution >= 4 is 0 Å². The Hall–Kier alpha value is -0.870. The molecule has 17 heavy (non-hydrogen) atoms. The van der Waals surface area contributed by atoms with Crippen molar-refractivity contribution in [2.24, 2.45) is 5.92 Å². The Morgan fingerprint density at radius 2 is 2.18 bits per heavy atom. The van der Waals surface area contributed by atoms with E-state index in [1.807, 2.05) is 0 Å². The standard InChI is InChI=1S/C13H20N2O2/c16-12-1-4-15-9-11(14-13(15)8-12)7-10-2-5-17-6-3-10/h9-10,12,16H,1-8H2. The zero-order valence-corrected chi connectivity index (χ0v) is 10.1. The number of rotatable bonds is 2. The molecule has 1 unspecified atom stereocenters. The maximum atomic E-state index is 9.62. The largest absolute Gasteiger partial charge is 0.393 e. The number of aliphatic hydroxyl groups is 1. The fourth-order valence-corrected chi connectivity index (χ4v) is 2.82. The third-order valence-corrected chi connectivity index (χ3v) is 3.87. The second-order valence-electron chi connectivity index (χ2n) is 5.25. The lowest BCUT2D eigenvalue weighted by Crippen LogP contribution is -2.22. The van der Waals surface area contributed by atoms with E-state index in [9.17, 15) is 5.11 Å². The number of fused-ring (bicyclic) bond motifs is 1. The second-order valence-corrected chi connectivity index (χ2v) is 5.25. The van der Waals surface area contributed by atoms with Gasteiger partial charge in [-0.2, -0.15) is 0 Å². The molecule has 0 aliphatic carbocycles. The van der Waals surface area contributed by atoms with Gasteiger partial charge in [-0.05, 0) is 31.6 Å². The topological polar surface area (TPSA) is 47.3 Å². The van der Waals surface area contributed by atoms with Crippen LogP contribution in [0.3, 0.4) is 0 Å². The monoisotopic (exact) mass is 236 g/mol. The molecule has 1 aromatic heterocycles. The molecule has 4 heteroatoms. The molecule has 0 radical (unpaired) electrons. The first kappa shape index (κ1) is 11.2. The highest BCUT2D eigenvalue weighted by atomic mass is 16.5. The van der Waals surface area contributed by atoms with E-state index in [2.05, 4.69) is 15.7 Å². The van der Waals surface area contributed by atoms with Crippen LogP contribution in [0.1, 0.15) is 30.8 Å². The van der Waals surface area contributed by atoms with Gasteiger partial charge in [0.25, 0.3) is 0 Å². The van der Waals surface area contributed by atoms with E-state index in [-0.39, 0.29) is 6.10 Å². The zero-order valence-electron chi connectivity index (χ0n) is 10.1. The second kappa shape index (κ2) is 4.78. The van der Waals surface area contributed by atoms with Gasteiger partial charge < -0.3 is 14.4 Å². The lowest BCUT2D eigenvalue weighted by Gasteiger charge is -2.20. The Balaban J connectivity index is 1.67. The van der Waals surface area contributed by atoms with Gasteiger partial charge in [0.05, 0.1) is 11.8 Å². The first-order valence-corrected chi connectivity index (χ1v) is 6.62. The van der Waals surface area contributed by atoms with Gasteiger partial charge in [0, 0.05) is 32.4 Å². The maximum Gasteiger partial charge on any atom is 0.111 e. The molecular formula is C13H20N2O2. The smallest absolute Gasteiger partial charge is 0.111 e. The number of aryl methyl sites for hydroxylation is 1. The van der Waals surface area contributed by atoms with Crippen molar-refractivity contribution in [2.45, 2.75) is 44.8 Å². The Morgan fingerprint density at radius 1 is 1.35 bits per heavy atom. The minimum absolute atomic E-state index is 0.194. The molecule has 1 fully saturated rings. The predicted octanol–water partition coefficient (Wildman–Crippen LogP) is 1.16. The number of nitrogens with zero attached hydrogens (tertiary/aromatic N) is 2. The van der Waals surface area contributed by atoms with E-state index in [0.29, 0.717) is 6.42 Å². The Labute approximate surface area is 102 Å². The molecule has 0 bridgehead atoms. The van der Waals surface area contributed by atoms with Gasteiger partial charge in [0.15, 0.2) is 0 Å². The molecule has 2 aliphatic rings. The summed E-state index contributed by atoms with van der Waals surface area (Å²) in [5, 5.41) is 9.62. The summed E-state index contributed by atoms with van der Waals surface area (Å²) < 4.78 is 7.58. The summed E-state index contributed by atoms with van der Waals surface area (Å²) in [6, 6.07) is 0. The normalized spacial score (nSPS) is 25.8. The predicted molar refractivity (Wildman–Crippen MR) is 63.8 cm³/mol. The van der Waals surface area contributed by atoms with Crippen LogP contribution in [0.25, 0.3) is 0 Å². The van der Waals surface area contributed by atoms with Crippen molar-refractivity contribution in [1.82, 2.24) is 9.55 Å². The van der Waals surface area contributed by atoms with Gasteiger partial charge in [-0.1, -0.05) is 0 Å². The molecule has 3 heterocycles. The maximum absolute atomic E-state index is 9.62. The summed E-state index contributed by atoms with van der Waals surface area (Å²) in [7, 11) is 0. The third kappa shape index (κ3) is 2.53. The molecule has 1 saturated heterocycles. The summed E-state index contributed by atoms with van der Waals surface area (Å²) >= 11 is 0. The van der Waals surface area contributed by atoms with Crippen molar-refractivity contribution in [3.8, 4) is 0 Å². The van der Waals surface area contributed by atoms with Crippen LogP contribution < -0.4 is 0 Å². The molecule has 0 aromatic carbocycles. The highest BCUT2D eigenvalue weighted by molar-refractivity contribution is 5.08. The molecule has 0 spiro atoms. The van der Waals surface area contributed by atoms with Crippen LogP contribution in [-0.2, 0) is 24.1 Å². The quantitative estimate of drug-likeness (QED) is 0.838. The van der Waals surface area contributed by atoms with Crippen molar-refractivity contribution < 1.29 is 9.84 Å². The van der Waals surface area contributed by atoms with E-state index in [0.717, 1.165) is 57.2 Å². The van der Waals surface area contributed by atoms with Gasteiger partial charge in [0.2, 0.25) is 0 Å². The van der Waals surface area contributed by atoms with Gasteiger partial charge in [-0.15, -0.1) is 0 Å². The van der Waals surface area contributed by atoms with Gasteiger partial charge in [0.1, 0.15) is 5.82 Å². The summed E-state index contributed by atoms with van der Waals surface area (Å²) in [6.45, 7) is 2.71. The van der Waals surface area contributed by atoms with Crippen molar-refractivity contribution in [3.63, 3.8) is 0 Å². The first-order chi connectivity index (χ1) is 8.31. The Kier molecular flexibility index (Phi) is 3.16. The molecule has 4 nitrogen and oxygen atoms in total. The number of aliphatic hydroxyl groups excluding tert-OH is 1. The molecule has 1 aromatic rings. The Morgan fingerprint density at radius 3 is 3.00 bits per heavy atom. The summed E-state index contributed by atoms with van der Waals surface area (Å²) in [5.74, 6) is 1.79. The molecule has 94 valence electrons. The number of hydrogen-bond donors (Lipinski definition) is 1. The van der Waals surface area contributed by atoms with E-state index < -0.39 is 0 Å². The number of ether oxygens (including phenoxy) is 1. The minimum atomic E-state index is -0.194. The molecule has 2 aliphatic heterocycles. The lowest BCUT2D eigenvalue weighted by molar-refractivity contribution is 0.0663. The third-order valence-electron chi connectivity index (χ3n) is 3.87.